The molecule has 82 valence electrons. The highest BCUT2D eigenvalue weighted by molar-refractivity contribution is 7.14. The number of rotatable bonds is 3. The van der Waals surface area contributed by atoms with E-state index < -0.39 is 0 Å². The van der Waals surface area contributed by atoms with Crippen LogP contribution in [0.15, 0.2) is 6.07 Å². The second kappa shape index (κ2) is 4.74. The number of nitrogens with two attached hydrogens (primary N) is 1. The van der Waals surface area contributed by atoms with Crippen LogP contribution in [-0.4, -0.2) is 25.6 Å². The summed E-state index contributed by atoms with van der Waals surface area (Å²) in [7, 11) is 0. The number of hydrogen-bond donors (Lipinski definition) is 2. The van der Waals surface area contributed by atoms with Crippen molar-refractivity contribution in [3.05, 3.63) is 21.4 Å². The van der Waals surface area contributed by atoms with Crippen LogP contribution in [0.2, 0.25) is 0 Å². The summed E-state index contributed by atoms with van der Waals surface area (Å²) < 4.78 is 5.33. The summed E-state index contributed by atoms with van der Waals surface area (Å²) in [5.74, 6) is -0.0279. The Hall–Kier alpha value is -0.910. The molecule has 2 heterocycles. The van der Waals surface area contributed by atoms with Gasteiger partial charge < -0.3 is 15.8 Å². The van der Waals surface area contributed by atoms with E-state index in [1.165, 1.54) is 4.88 Å². The van der Waals surface area contributed by atoms with Crippen LogP contribution in [0.1, 0.15) is 20.1 Å². The summed E-state index contributed by atoms with van der Waals surface area (Å²) in [5, 5.41) is 2.76. The molecule has 0 unspecified atom stereocenters. The molecule has 1 aliphatic heterocycles. The molecule has 1 amide bonds. The Kier molecular flexibility index (Phi) is 3.35. The zero-order valence-electron chi connectivity index (χ0n) is 8.41. The third-order valence-corrected chi connectivity index (χ3v) is 3.52. The van der Waals surface area contributed by atoms with Gasteiger partial charge in [-0.05, 0) is 11.6 Å². The van der Waals surface area contributed by atoms with E-state index in [0.29, 0.717) is 19.7 Å². The van der Waals surface area contributed by atoms with Gasteiger partial charge in [0.15, 0.2) is 0 Å². The van der Waals surface area contributed by atoms with Crippen LogP contribution in [0.3, 0.4) is 0 Å². The van der Waals surface area contributed by atoms with Crippen LogP contribution in [0, 0.1) is 0 Å². The van der Waals surface area contributed by atoms with Gasteiger partial charge >= 0.3 is 0 Å². The molecule has 0 radical (unpaired) electrons. The smallest absolute Gasteiger partial charge is 0.261 e. The van der Waals surface area contributed by atoms with Crippen molar-refractivity contribution in [2.75, 3.05) is 19.7 Å². The Morgan fingerprint density at radius 2 is 2.53 bits per heavy atom. The summed E-state index contributed by atoms with van der Waals surface area (Å²) >= 11 is 1.56. The van der Waals surface area contributed by atoms with Crippen LogP contribution in [-0.2, 0) is 17.8 Å². The van der Waals surface area contributed by atoms with Crippen molar-refractivity contribution in [3.8, 4) is 0 Å². The average Bonchev–Trinajstić information content (AvgIpc) is 2.69. The molecular formula is C10H14N2O2S. The highest BCUT2D eigenvalue weighted by atomic mass is 32.1. The van der Waals surface area contributed by atoms with Crippen molar-refractivity contribution in [2.45, 2.75) is 13.0 Å². The molecule has 0 aromatic carbocycles. The van der Waals surface area contributed by atoms with Crippen molar-refractivity contribution >= 4 is 17.2 Å². The molecule has 0 spiro atoms. The first-order chi connectivity index (χ1) is 7.31. The maximum absolute atomic E-state index is 11.6. The zero-order valence-corrected chi connectivity index (χ0v) is 9.23. The van der Waals surface area contributed by atoms with Gasteiger partial charge in [0.05, 0.1) is 18.1 Å². The topological polar surface area (TPSA) is 64.3 Å². The second-order valence-electron chi connectivity index (χ2n) is 3.41. The molecule has 0 atom stereocenters. The number of amides is 1. The van der Waals surface area contributed by atoms with E-state index in [2.05, 4.69) is 5.32 Å². The first-order valence-electron chi connectivity index (χ1n) is 4.99. The minimum absolute atomic E-state index is 0.0279. The third-order valence-electron chi connectivity index (χ3n) is 2.28. The van der Waals surface area contributed by atoms with Crippen molar-refractivity contribution in [1.82, 2.24) is 5.32 Å². The number of hydrogen-bond acceptors (Lipinski definition) is 4. The minimum Gasteiger partial charge on any atom is -0.376 e. The molecule has 1 aromatic rings. The van der Waals surface area contributed by atoms with Crippen LogP contribution in [0.25, 0.3) is 0 Å². The van der Waals surface area contributed by atoms with Gasteiger partial charge in [0.2, 0.25) is 0 Å². The predicted molar refractivity (Wildman–Crippen MR) is 59.1 cm³/mol. The molecule has 1 aromatic heterocycles. The summed E-state index contributed by atoms with van der Waals surface area (Å²) in [5.41, 5.74) is 6.48. The van der Waals surface area contributed by atoms with Gasteiger partial charge in [0.1, 0.15) is 0 Å². The van der Waals surface area contributed by atoms with Crippen LogP contribution >= 0.6 is 11.3 Å². The Bertz CT molecular complexity index is 339. The largest absolute Gasteiger partial charge is 0.376 e. The van der Waals surface area contributed by atoms with E-state index >= 15 is 0 Å². The van der Waals surface area contributed by atoms with Gasteiger partial charge in [0.25, 0.3) is 5.91 Å². The lowest BCUT2D eigenvalue weighted by atomic mass is 10.2. The fourth-order valence-electron chi connectivity index (χ4n) is 1.53. The second-order valence-corrected chi connectivity index (χ2v) is 4.54. The monoisotopic (exact) mass is 226 g/mol. The van der Waals surface area contributed by atoms with Gasteiger partial charge in [-0.25, -0.2) is 0 Å². The minimum atomic E-state index is -0.0279. The van der Waals surface area contributed by atoms with Crippen molar-refractivity contribution in [1.29, 1.82) is 0 Å². The van der Waals surface area contributed by atoms with Crippen molar-refractivity contribution in [2.24, 2.45) is 5.73 Å². The molecule has 4 nitrogen and oxygen atoms in total. The van der Waals surface area contributed by atoms with Crippen LogP contribution in [0.4, 0.5) is 0 Å². The normalized spacial score (nSPS) is 14.7. The number of fused-ring (bicyclic) bond motifs is 1. The average molecular weight is 226 g/mol. The summed E-state index contributed by atoms with van der Waals surface area (Å²) in [6.45, 7) is 2.39. The Labute approximate surface area is 92.4 Å². The van der Waals surface area contributed by atoms with Crippen molar-refractivity contribution < 1.29 is 9.53 Å². The highest BCUT2D eigenvalue weighted by Crippen LogP contribution is 2.26. The number of carbonyl (C=O) groups excluding carboxylic acids is 1. The number of carbonyl (C=O) groups is 1. The number of ether oxygens (including phenoxy) is 1. The van der Waals surface area contributed by atoms with Crippen molar-refractivity contribution in [3.63, 3.8) is 0 Å². The lowest BCUT2D eigenvalue weighted by Gasteiger charge is -2.10. The Morgan fingerprint density at radius 1 is 1.67 bits per heavy atom. The van der Waals surface area contributed by atoms with Gasteiger partial charge in [0, 0.05) is 24.4 Å². The predicted octanol–water partition coefficient (Wildman–Crippen LogP) is 0.509. The van der Waals surface area contributed by atoms with Gasteiger partial charge in [-0.1, -0.05) is 0 Å². The Morgan fingerprint density at radius 3 is 3.27 bits per heavy atom. The molecule has 1 aliphatic rings. The van der Waals surface area contributed by atoms with Crippen LogP contribution in [0.5, 0.6) is 0 Å². The van der Waals surface area contributed by atoms with Gasteiger partial charge in [-0.2, -0.15) is 0 Å². The van der Waals surface area contributed by atoms with E-state index in [-0.39, 0.29) is 5.91 Å². The summed E-state index contributed by atoms with van der Waals surface area (Å²) in [4.78, 5) is 13.7. The molecule has 0 saturated carbocycles. The Balaban J connectivity index is 2.08. The lowest BCUT2D eigenvalue weighted by molar-refractivity contribution is 0.0958. The lowest BCUT2D eigenvalue weighted by Crippen LogP contribution is -2.28. The number of thiophene rings is 1. The molecule has 0 aliphatic carbocycles. The maximum atomic E-state index is 11.6. The molecule has 0 bridgehead atoms. The van der Waals surface area contributed by atoms with E-state index in [9.17, 15) is 4.79 Å². The molecule has 3 N–H and O–H groups in total. The first kappa shape index (κ1) is 10.6. The first-order valence-corrected chi connectivity index (χ1v) is 5.80. The van der Waals surface area contributed by atoms with E-state index in [1.807, 2.05) is 6.07 Å². The molecule has 2 rings (SSSR count). The highest BCUT2D eigenvalue weighted by Gasteiger charge is 2.16. The SMILES string of the molecule is NCCNC(=O)c1cc2c(s1)CCOC2. The zero-order chi connectivity index (χ0) is 10.7. The van der Waals surface area contributed by atoms with Crippen LogP contribution < -0.4 is 11.1 Å². The summed E-state index contributed by atoms with van der Waals surface area (Å²) in [6, 6.07) is 1.92. The van der Waals surface area contributed by atoms with Gasteiger partial charge in [-0.3, -0.25) is 4.79 Å². The number of nitrogens with one attached hydrogen (secondary N) is 1. The third kappa shape index (κ3) is 2.37. The summed E-state index contributed by atoms with van der Waals surface area (Å²) in [6.07, 6.45) is 0.921. The molecule has 0 saturated heterocycles. The van der Waals surface area contributed by atoms with E-state index in [0.717, 1.165) is 23.5 Å². The molecular weight excluding hydrogens is 212 g/mol. The van der Waals surface area contributed by atoms with E-state index in [4.69, 9.17) is 10.5 Å². The molecule has 15 heavy (non-hydrogen) atoms. The fraction of sp³-hybridized carbons (Fsp3) is 0.500. The standard InChI is InChI=1S/C10H14N2O2S/c11-2-3-12-10(13)9-5-7-6-14-4-1-8(7)15-9/h5H,1-4,6,11H2,(H,12,13). The fourth-order valence-corrected chi connectivity index (χ4v) is 2.60. The quantitative estimate of drug-likeness (QED) is 0.789. The van der Waals surface area contributed by atoms with E-state index in [1.54, 1.807) is 11.3 Å². The van der Waals surface area contributed by atoms with Gasteiger partial charge in [-0.15, -0.1) is 11.3 Å². The molecule has 5 heteroatoms. The maximum Gasteiger partial charge on any atom is 0.261 e. The molecule has 0 fully saturated rings.